The molecule has 1 saturated heterocycles. The van der Waals surface area contributed by atoms with E-state index in [1.54, 1.807) is 0 Å². The van der Waals surface area contributed by atoms with E-state index in [-0.39, 0.29) is 21.5 Å². The quantitative estimate of drug-likeness (QED) is 0.469. The molecule has 0 aromatic rings. The number of nitrogens with zero attached hydrogens (tertiary/aromatic N) is 1. The van der Waals surface area contributed by atoms with E-state index in [0.717, 1.165) is 6.54 Å². The molecular formula is C12H33B8NO. The van der Waals surface area contributed by atoms with Crippen LogP contribution < -0.4 is 0 Å². The summed E-state index contributed by atoms with van der Waals surface area (Å²) in [5.74, 6) is 0. The van der Waals surface area contributed by atoms with Gasteiger partial charge in [-0.15, -0.1) is 0 Å². The summed E-state index contributed by atoms with van der Waals surface area (Å²) in [4.78, 5) is 2.74. The Morgan fingerprint density at radius 3 is 1.59 bits per heavy atom. The van der Waals surface area contributed by atoms with Crippen molar-refractivity contribution in [2.45, 2.75) is 61.5 Å². The number of ether oxygens (including phenoxy) is 1. The molecule has 0 amide bonds. The molecule has 1 heterocycles. The van der Waals surface area contributed by atoms with Gasteiger partial charge < -0.3 is 9.64 Å². The third kappa shape index (κ3) is 3.29. The second-order valence-corrected chi connectivity index (χ2v) is 9.74. The predicted octanol–water partition coefficient (Wildman–Crippen LogP) is -5.78. The zero-order valence-corrected chi connectivity index (χ0v) is 17.2. The van der Waals surface area contributed by atoms with Gasteiger partial charge in [-0.3, -0.25) is 0 Å². The molecule has 116 valence electrons. The number of morpholine rings is 1. The molecule has 1 aliphatic heterocycles. The first kappa shape index (κ1) is 20.5. The third-order valence-corrected chi connectivity index (χ3v) is 7.05. The summed E-state index contributed by atoms with van der Waals surface area (Å²) in [5.41, 5.74) is 0.368. The van der Waals surface area contributed by atoms with Gasteiger partial charge in [0.2, 0.25) is 0 Å². The van der Waals surface area contributed by atoms with E-state index >= 15 is 0 Å². The highest BCUT2D eigenvalue weighted by Crippen LogP contribution is 2.42. The van der Waals surface area contributed by atoms with Crippen LogP contribution in [0.15, 0.2) is 0 Å². The lowest BCUT2D eigenvalue weighted by Gasteiger charge is -2.69. The van der Waals surface area contributed by atoms with Gasteiger partial charge in [-0.2, -0.15) is 0 Å². The SMILES string of the molecule is BC1(B)OC(B)(B)C(B)(B)N(CC(C)(CC)CCC)C1(B)B. The highest BCUT2D eigenvalue weighted by molar-refractivity contribution is 6.59. The molecule has 1 aliphatic rings. The molecule has 1 unspecified atom stereocenters. The van der Waals surface area contributed by atoms with E-state index in [9.17, 15) is 0 Å². The Morgan fingerprint density at radius 1 is 0.864 bits per heavy atom. The summed E-state index contributed by atoms with van der Waals surface area (Å²) in [6, 6.07) is 0. The topological polar surface area (TPSA) is 12.5 Å². The Balaban J connectivity index is 3.31. The highest BCUT2D eigenvalue weighted by atomic mass is 16.5. The summed E-state index contributed by atoms with van der Waals surface area (Å²) in [6.45, 7) is 8.23. The maximum absolute atomic E-state index is 6.59. The number of hydrogen-bond donors (Lipinski definition) is 0. The minimum atomic E-state index is -0.174. The average molecular weight is 294 g/mol. The minimum absolute atomic E-state index is 0.00378. The van der Waals surface area contributed by atoms with Gasteiger partial charge in [0.15, 0.2) is 0 Å². The summed E-state index contributed by atoms with van der Waals surface area (Å²) in [6.07, 6.45) is 3.77. The van der Waals surface area contributed by atoms with Crippen molar-refractivity contribution >= 4 is 62.8 Å². The maximum atomic E-state index is 6.59. The summed E-state index contributed by atoms with van der Waals surface area (Å²) < 4.78 is 6.59. The summed E-state index contributed by atoms with van der Waals surface area (Å²) in [7, 11) is 18.4. The van der Waals surface area contributed by atoms with Crippen LogP contribution in [0.3, 0.4) is 0 Å². The lowest BCUT2D eigenvalue weighted by molar-refractivity contribution is -0.122. The van der Waals surface area contributed by atoms with E-state index in [1.807, 2.05) is 0 Å². The minimum Gasteiger partial charge on any atom is -0.403 e. The van der Waals surface area contributed by atoms with Crippen LogP contribution in [0.2, 0.25) is 0 Å². The summed E-state index contributed by atoms with van der Waals surface area (Å²) >= 11 is 0. The van der Waals surface area contributed by atoms with E-state index < -0.39 is 0 Å². The van der Waals surface area contributed by atoms with Gasteiger partial charge >= 0.3 is 0 Å². The maximum Gasteiger partial charge on any atom is 0.132 e. The zero-order valence-electron chi connectivity index (χ0n) is 17.2. The largest absolute Gasteiger partial charge is 0.403 e. The molecule has 0 N–H and O–H groups in total. The van der Waals surface area contributed by atoms with Crippen LogP contribution in [0.4, 0.5) is 0 Å². The van der Waals surface area contributed by atoms with Crippen molar-refractivity contribution in [2.75, 3.05) is 6.54 Å². The predicted molar refractivity (Wildman–Crippen MR) is 120 cm³/mol. The van der Waals surface area contributed by atoms with Gasteiger partial charge in [-0.25, -0.2) is 0 Å². The van der Waals surface area contributed by atoms with Crippen LogP contribution in [0, 0.1) is 5.41 Å². The van der Waals surface area contributed by atoms with E-state index in [2.05, 4.69) is 88.4 Å². The van der Waals surface area contributed by atoms with Crippen molar-refractivity contribution in [1.29, 1.82) is 0 Å². The molecule has 0 spiro atoms. The van der Waals surface area contributed by atoms with E-state index in [4.69, 9.17) is 4.74 Å². The molecule has 22 heavy (non-hydrogen) atoms. The van der Waals surface area contributed by atoms with Crippen LogP contribution in [-0.2, 0) is 4.74 Å². The van der Waals surface area contributed by atoms with Gasteiger partial charge in [0.1, 0.15) is 62.8 Å². The van der Waals surface area contributed by atoms with Crippen molar-refractivity contribution in [1.82, 2.24) is 4.90 Å². The molecule has 0 aromatic heterocycles. The average Bonchev–Trinajstić information content (AvgIpc) is 2.33. The van der Waals surface area contributed by atoms with Crippen molar-refractivity contribution in [3.05, 3.63) is 0 Å². The monoisotopic (exact) mass is 295 g/mol. The van der Waals surface area contributed by atoms with Crippen LogP contribution in [-0.4, -0.2) is 95.7 Å². The molecule has 1 fully saturated rings. The molecule has 0 aliphatic carbocycles. The smallest absolute Gasteiger partial charge is 0.132 e. The van der Waals surface area contributed by atoms with Crippen LogP contribution >= 0.6 is 0 Å². The van der Waals surface area contributed by atoms with E-state index in [0.29, 0.717) is 5.41 Å². The Kier molecular flexibility index (Phi) is 5.64. The number of hydrogen-bond acceptors (Lipinski definition) is 2. The Hall–Kier alpha value is 0.439. The first-order chi connectivity index (χ1) is 9.67. The molecule has 2 nitrogen and oxygen atoms in total. The molecule has 0 saturated carbocycles. The standard InChI is InChI=1S/C12H33B8NO/c1-4-6-8(3,5-2)7-21-9(13,14)11(17,18)22-12(19,20)10(21,15)16/h4-7,13-20H2,1-3H3. The Bertz CT molecular complexity index is 388. The van der Waals surface area contributed by atoms with Crippen LogP contribution in [0.1, 0.15) is 40.0 Å². The fraction of sp³-hybridized carbons (Fsp3) is 1.00. The lowest BCUT2D eigenvalue weighted by Crippen LogP contribution is -2.86. The van der Waals surface area contributed by atoms with Gasteiger partial charge in [-0.05, 0) is 28.9 Å². The molecule has 1 atom stereocenters. The van der Waals surface area contributed by atoms with Crippen LogP contribution in [0.5, 0.6) is 0 Å². The molecule has 0 aromatic carbocycles. The van der Waals surface area contributed by atoms with Gasteiger partial charge in [0, 0.05) is 17.3 Å². The molecule has 10 heteroatoms. The van der Waals surface area contributed by atoms with Crippen molar-refractivity contribution in [2.24, 2.45) is 5.41 Å². The summed E-state index contributed by atoms with van der Waals surface area (Å²) in [5, 5.41) is -0.355. The van der Waals surface area contributed by atoms with Gasteiger partial charge in [0.25, 0.3) is 0 Å². The fourth-order valence-corrected chi connectivity index (χ4v) is 3.98. The fourth-order valence-electron chi connectivity index (χ4n) is 3.98. The second-order valence-electron chi connectivity index (χ2n) is 9.74. The lowest BCUT2D eigenvalue weighted by atomic mass is 9.30. The van der Waals surface area contributed by atoms with Gasteiger partial charge in [-0.1, -0.05) is 27.2 Å². The van der Waals surface area contributed by atoms with Crippen molar-refractivity contribution < 1.29 is 4.74 Å². The van der Waals surface area contributed by atoms with Gasteiger partial charge in [0.05, 0.1) is 0 Å². The third-order valence-electron chi connectivity index (χ3n) is 7.05. The molecule has 0 bridgehead atoms. The second kappa shape index (κ2) is 6.06. The normalized spacial score (nSPS) is 28.7. The zero-order chi connectivity index (χ0) is 17.6. The van der Waals surface area contributed by atoms with Crippen molar-refractivity contribution in [3.8, 4) is 0 Å². The first-order valence-electron chi connectivity index (χ1n) is 9.15. The molecular weight excluding hydrogens is 261 g/mol. The molecule has 0 radical (unpaired) electrons. The first-order valence-corrected chi connectivity index (χ1v) is 9.15. The highest BCUT2D eigenvalue weighted by Gasteiger charge is 2.58. The Morgan fingerprint density at radius 2 is 1.27 bits per heavy atom. The van der Waals surface area contributed by atoms with Crippen molar-refractivity contribution in [3.63, 3.8) is 0 Å². The number of rotatable bonds is 5. The van der Waals surface area contributed by atoms with Crippen LogP contribution in [0.25, 0.3) is 0 Å². The van der Waals surface area contributed by atoms with E-state index in [1.165, 1.54) is 19.3 Å². The molecule has 1 rings (SSSR count). The Labute approximate surface area is 146 Å².